The summed E-state index contributed by atoms with van der Waals surface area (Å²) in [4.78, 5) is 46.9. The van der Waals surface area contributed by atoms with Gasteiger partial charge in [-0.05, 0) is 12.3 Å². The van der Waals surface area contributed by atoms with Gasteiger partial charge in [0.15, 0.2) is 0 Å². The van der Waals surface area contributed by atoms with Crippen molar-refractivity contribution >= 4 is 23.7 Å². The summed E-state index contributed by atoms with van der Waals surface area (Å²) in [5.74, 6) is -3.02. The molecule has 0 aromatic heterocycles. The number of nitrogens with two attached hydrogens (primary N) is 1. The number of amides is 3. The van der Waals surface area contributed by atoms with Crippen LogP contribution in [0.15, 0.2) is 0 Å². The van der Waals surface area contributed by atoms with E-state index in [0.29, 0.717) is 4.90 Å². The molecule has 0 unspecified atom stereocenters. The Morgan fingerprint density at radius 1 is 1.48 bits per heavy atom. The molecule has 0 aromatic carbocycles. The third kappa shape index (κ3) is 4.25. The molecular weight excluding hydrogens is 278 g/mol. The molecule has 0 spiro atoms. The molecule has 0 bridgehead atoms. The molecule has 3 atom stereocenters. The van der Waals surface area contributed by atoms with Crippen LogP contribution >= 0.6 is 0 Å². The molecule has 1 aliphatic heterocycles. The highest BCUT2D eigenvalue weighted by atomic mass is 16.4. The van der Waals surface area contributed by atoms with Crippen LogP contribution in [0.25, 0.3) is 0 Å². The van der Waals surface area contributed by atoms with Gasteiger partial charge in [0.25, 0.3) is 5.91 Å². The summed E-state index contributed by atoms with van der Waals surface area (Å²) in [6.07, 6.45) is 0.895. The number of imide groups is 1. The number of nitrogens with zero attached hydrogens (tertiary/aromatic N) is 1. The normalized spacial score (nSPS) is 21.9. The Bertz CT molecular complexity index is 451. The van der Waals surface area contributed by atoms with Gasteiger partial charge in [-0.3, -0.25) is 24.1 Å². The molecule has 1 saturated heterocycles. The molecule has 0 saturated carbocycles. The van der Waals surface area contributed by atoms with E-state index >= 15 is 0 Å². The molecule has 0 radical (unpaired) electrons. The average Bonchev–Trinajstić information content (AvgIpc) is 2.44. The van der Waals surface area contributed by atoms with Crippen molar-refractivity contribution in [2.75, 3.05) is 6.54 Å². The van der Waals surface area contributed by atoms with Gasteiger partial charge in [-0.15, -0.1) is 0 Å². The third-order valence-corrected chi connectivity index (χ3v) is 3.68. The Morgan fingerprint density at radius 2 is 2.10 bits per heavy atom. The molecular formula is C13H21N3O5. The predicted octanol–water partition coefficient (Wildman–Crippen LogP) is -0.922. The zero-order chi connectivity index (χ0) is 16.2. The smallest absolute Gasteiger partial charge is 0.323 e. The fourth-order valence-corrected chi connectivity index (χ4v) is 2.05. The first-order valence-corrected chi connectivity index (χ1v) is 6.89. The number of carboxylic acids is 1. The van der Waals surface area contributed by atoms with Crippen molar-refractivity contribution in [3.05, 3.63) is 0 Å². The summed E-state index contributed by atoms with van der Waals surface area (Å²) in [6.45, 7) is 3.03. The second-order valence-electron chi connectivity index (χ2n) is 5.22. The van der Waals surface area contributed by atoms with Gasteiger partial charge in [0.05, 0.1) is 6.04 Å². The minimum Gasteiger partial charge on any atom is -0.480 e. The van der Waals surface area contributed by atoms with E-state index in [2.05, 4.69) is 5.32 Å². The van der Waals surface area contributed by atoms with Crippen LogP contribution in [0.1, 0.15) is 33.1 Å². The van der Waals surface area contributed by atoms with E-state index in [1.807, 2.05) is 13.8 Å². The highest BCUT2D eigenvalue weighted by molar-refractivity contribution is 6.03. The molecule has 1 aliphatic rings. The summed E-state index contributed by atoms with van der Waals surface area (Å²) in [5, 5.41) is 11.2. The zero-order valence-electron chi connectivity index (χ0n) is 12.2. The van der Waals surface area contributed by atoms with Gasteiger partial charge in [0.1, 0.15) is 12.6 Å². The standard InChI is InChI=1S/C13H21N3O5/c1-3-7(2)11(14)12(20)15-8-4-5-9(17)16(13(8)21)6-10(18)19/h7-8,11H,3-6,14H2,1-2H3,(H,15,20)(H,18,19)/t7-,8-,11-/m0/s1. The molecule has 3 amide bonds. The van der Waals surface area contributed by atoms with Crippen LogP contribution < -0.4 is 11.1 Å². The molecule has 1 rings (SSSR count). The van der Waals surface area contributed by atoms with Gasteiger partial charge in [-0.25, -0.2) is 0 Å². The third-order valence-electron chi connectivity index (χ3n) is 3.68. The highest BCUT2D eigenvalue weighted by Gasteiger charge is 2.37. The summed E-state index contributed by atoms with van der Waals surface area (Å²) < 4.78 is 0. The Morgan fingerprint density at radius 3 is 2.62 bits per heavy atom. The molecule has 1 fully saturated rings. The first-order valence-electron chi connectivity index (χ1n) is 6.89. The largest absolute Gasteiger partial charge is 0.480 e. The van der Waals surface area contributed by atoms with E-state index in [9.17, 15) is 19.2 Å². The highest BCUT2D eigenvalue weighted by Crippen LogP contribution is 2.14. The second kappa shape index (κ2) is 7.16. The maximum Gasteiger partial charge on any atom is 0.323 e. The fraction of sp³-hybridized carbons (Fsp3) is 0.692. The molecule has 8 heteroatoms. The molecule has 21 heavy (non-hydrogen) atoms. The number of carbonyl (C=O) groups excluding carboxylic acids is 3. The van der Waals surface area contributed by atoms with Crippen LogP contribution in [0, 0.1) is 5.92 Å². The van der Waals surface area contributed by atoms with Gasteiger partial charge in [-0.2, -0.15) is 0 Å². The van der Waals surface area contributed by atoms with Crippen LogP contribution in [-0.2, 0) is 19.2 Å². The number of rotatable bonds is 6. The monoisotopic (exact) mass is 299 g/mol. The zero-order valence-corrected chi connectivity index (χ0v) is 12.2. The summed E-state index contributed by atoms with van der Waals surface area (Å²) in [6, 6.07) is -1.64. The number of nitrogens with one attached hydrogen (secondary N) is 1. The molecule has 1 heterocycles. The van der Waals surface area contributed by atoms with E-state index < -0.39 is 42.3 Å². The van der Waals surface area contributed by atoms with Gasteiger partial charge in [0.2, 0.25) is 11.8 Å². The number of piperidine rings is 1. The van der Waals surface area contributed by atoms with Gasteiger partial charge in [-0.1, -0.05) is 20.3 Å². The Hall–Kier alpha value is -1.96. The number of aliphatic carboxylic acids is 1. The first kappa shape index (κ1) is 17.1. The lowest BCUT2D eigenvalue weighted by Crippen LogP contribution is -2.58. The van der Waals surface area contributed by atoms with Crippen molar-refractivity contribution in [1.29, 1.82) is 0 Å². The molecule has 8 nitrogen and oxygen atoms in total. The van der Waals surface area contributed by atoms with E-state index in [0.717, 1.165) is 6.42 Å². The number of carbonyl (C=O) groups is 4. The summed E-state index contributed by atoms with van der Waals surface area (Å²) in [7, 11) is 0. The maximum absolute atomic E-state index is 12.1. The molecule has 0 aromatic rings. The minimum atomic E-state index is -1.28. The van der Waals surface area contributed by atoms with Gasteiger partial charge in [0, 0.05) is 6.42 Å². The van der Waals surface area contributed by atoms with Crippen molar-refractivity contribution in [2.45, 2.75) is 45.2 Å². The number of likely N-dealkylation sites (tertiary alicyclic amines) is 1. The van der Waals surface area contributed by atoms with Crippen LogP contribution in [-0.4, -0.2) is 52.3 Å². The van der Waals surface area contributed by atoms with E-state index in [1.165, 1.54) is 0 Å². The lowest BCUT2D eigenvalue weighted by Gasteiger charge is -2.31. The van der Waals surface area contributed by atoms with E-state index in [1.54, 1.807) is 0 Å². The molecule has 4 N–H and O–H groups in total. The van der Waals surface area contributed by atoms with Crippen molar-refractivity contribution in [3.8, 4) is 0 Å². The Labute approximate surface area is 122 Å². The SMILES string of the molecule is CC[C@H](C)[C@H](N)C(=O)N[C@H]1CCC(=O)N(CC(=O)O)C1=O. The summed E-state index contributed by atoms with van der Waals surface area (Å²) in [5.41, 5.74) is 5.78. The van der Waals surface area contributed by atoms with Crippen LogP contribution in [0.4, 0.5) is 0 Å². The van der Waals surface area contributed by atoms with Crippen LogP contribution in [0.5, 0.6) is 0 Å². The number of hydrogen-bond donors (Lipinski definition) is 3. The second-order valence-corrected chi connectivity index (χ2v) is 5.22. The van der Waals surface area contributed by atoms with Crippen molar-refractivity contribution in [1.82, 2.24) is 10.2 Å². The minimum absolute atomic E-state index is 0.0164. The van der Waals surface area contributed by atoms with Crippen LogP contribution in [0.2, 0.25) is 0 Å². The van der Waals surface area contributed by atoms with Crippen LogP contribution in [0.3, 0.4) is 0 Å². The van der Waals surface area contributed by atoms with Crippen molar-refractivity contribution in [3.63, 3.8) is 0 Å². The van der Waals surface area contributed by atoms with Gasteiger partial charge < -0.3 is 16.2 Å². The van der Waals surface area contributed by atoms with Gasteiger partial charge >= 0.3 is 5.97 Å². The Kier molecular flexibility index (Phi) is 5.83. The molecule has 0 aliphatic carbocycles. The van der Waals surface area contributed by atoms with E-state index in [-0.39, 0.29) is 18.8 Å². The summed E-state index contributed by atoms with van der Waals surface area (Å²) >= 11 is 0. The van der Waals surface area contributed by atoms with E-state index in [4.69, 9.17) is 10.8 Å². The van der Waals surface area contributed by atoms with Crippen molar-refractivity contribution in [2.24, 2.45) is 11.7 Å². The predicted molar refractivity (Wildman–Crippen MR) is 73.0 cm³/mol. The van der Waals surface area contributed by atoms with Crippen molar-refractivity contribution < 1.29 is 24.3 Å². The quantitative estimate of drug-likeness (QED) is 0.544. The Balaban J connectivity index is 2.71. The topological polar surface area (TPSA) is 130 Å². The molecule has 118 valence electrons. The lowest BCUT2D eigenvalue weighted by atomic mass is 9.98. The lowest BCUT2D eigenvalue weighted by molar-refractivity contribution is -0.157. The number of hydrogen-bond acceptors (Lipinski definition) is 5. The fourth-order valence-electron chi connectivity index (χ4n) is 2.05. The first-order chi connectivity index (χ1) is 9.77. The average molecular weight is 299 g/mol. The maximum atomic E-state index is 12.1. The number of carboxylic acid groups (broad SMARTS) is 1.